The Morgan fingerprint density at radius 3 is 3.05 bits per heavy atom. The van der Waals surface area contributed by atoms with E-state index >= 15 is 0 Å². The average molecular weight is 321 g/mol. The third-order valence-electron chi connectivity index (χ3n) is 3.59. The molecule has 4 nitrogen and oxygen atoms in total. The lowest BCUT2D eigenvalue weighted by Gasteiger charge is -2.27. The molecular weight excluding hydrogens is 304 g/mol. The van der Waals surface area contributed by atoms with Gasteiger partial charge in [0, 0.05) is 28.1 Å². The maximum Gasteiger partial charge on any atom is 0.223 e. The molecule has 1 aliphatic rings. The number of rotatable bonds is 2. The van der Waals surface area contributed by atoms with Crippen LogP contribution < -0.4 is 11.1 Å². The summed E-state index contributed by atoms with van der Waals surface area (Å²) in [5.41, 5.74) is 6.96. The summed E-state index contributed by atoms with van der Waals surface area (Å²) in [7, 11) is 0. The van der Waals surface area contributed by atoms with Crippen LogP contribution in [0.1, 0.15) is 25.7 Å². The Kier molecular flexibility index (Phi) is 3.66. The van der Waals surface area contributed by atoms with Crippen molar-refractivity contribution in [2.45, 2.75) is 37.8 Å². The van der Waals surface area contributed by atoms with Crippen LogP contribution in [0.15, 0.2) is 28.9 Å². The van der Waals surface area contributed by atoms with E-state index in [0.29, 0.717) is 18.0 Å². The van der Waals surface area contributed by atoms with Crippen molar-refractivity contribution in [1.82, 2.24) is 9.97 Å². The molecule has 1 heterocycles. The molecule has 1 fully saturated rings. The third kappa shape index (κ3) is 3.04. The second kappa shape index (κ2) is 5.43. The molecule has 0 saturated heterocycles. The van der Waals surface area contributed by atoms with Gasteiger partial charge >= 0.3 is 0 Å². The van der Waals surface area contributed by atoms with E-state index in [9.17, 15) is 0 Å². The van der Waals surface area contributed by atoms with E-state index in [-0.39, 0.29) is 0 Å². The Morgan fingerprint density at radius 2 is 2.21 bits per heavy atom. The smallest absolute Gasteiger partial charge is 0.223 e. The second-order valence-electron chi connectivity index (χ2n) is 5.16. The van der Waals surface area contributed by atoms with E-state index in [0.717, 1.165) is 34.6 Å². The van der Waals surface area contributed by atoms with E-state index in [4.69, 9.17) is 5.73 Å². The molecule has 5 heteroatoms. The van der Waals surface area contributed by atoms with Gasteiger partial charge < -0.3 is 11.1 Å². The molecule has 3 N–H and O–H groups in total. The number of hydrogen-bond acceptors (Lipinski definition) is 4. The van der Waals surface area contributed by atoms with Crippen molar-refractivity contribution in [3.8, 4) is 0 Å². The molecule has 1 aromatic carbocycles. The third-order valence-corrected chi connectivity index (χ3v) is 4.08. The lowest BCUT2D eigenvalue weighted by atomic mass is 9.92. The van der Waals surface area contributed by atoms with Crippen LogP contribution in [-0.4, -0.2) is 22.1 Å². The van der Waals surface area contributed by atoms with Gasteiger partial charge in [0.05, 0.1) is 5.52 Å². The van der Waals surface area contributed by atoms with Crippen molar-refractivity contribution in [2.24, 2.45) is 5.73 Å². The maximum atomic E-state index is 6.00. The van der Waals surface area contributed by atoms with Crippen LogP contribution in [0.4, 0.5) is 5.95 Å². The molecule has 100 valence electrons. The quantitative estimate of drug-likeness (QED) is 0.892. The molecule has 1 aliphatic carbocycles. The van der Waals surface area contributed by atoms with Gasteiger partial charge in [0.25, 0.3) is 0 Å². The highest BCUT2D eigenvalue weighted by molar-refractivity contribution is 9.10. The summed E-state index contributed by atoms with van der Waals surface area (Å²) in [5, 5.41) is 4.45. The van der Waals surface area contributed by atoms with E-state index < -0.39 is 0 Å². The van der Waals surface area contributed by atoms with Crippen LogP contribution in [0.2, 0.25) is 0 Å². The summed E-state index contributed by atoms with van der Waals surface area (Å²) in [4.78, 5) is 8.93. The van der Waals surface area contributed by atoms with Gasteiger partial charge in [-0.3, -0.25) is 0 Å². The summed E-state index contributed by atoms with van der Waals surface area (Å²) in [5.74, 6) is 0.703. The number of nitrogens with two attached hydrogens (primary N) is 1. The Balaban J connectivity index is 1.79. The number of fused-ring (bicyclic) bond motifs is 1. The summed E-state index contributed by atoms with van der Waals surface area (Å²) in [6.07, 6.45) is 6.32. The van der Waals surface area contributed by atoms with Crippen LogP contribution in [0.5, 0.6) is 0 Å². The first-order chi connectivity index (χ1) is 9.20. The standard InChI is InChI=1S/C14H17BrN4/c15-10-4-5-13-9(6-10)8-17-14(19-13)18-12-3-1-2-11(16)7-12/h4-6,8,11-12H,1-3,7,16H2,(H,17,18,19)/t11-,12-/m1/s1. The van der Waals surface area contributed by atoms with Gasteiger partial charge in [0.1, 0.15) is 0 Å². The number of aromatic nitrogens is 2. The molecule has 2 atom stereocenters. The molecular formula is C14H17BrN4. The fourth-order valence-corrected chi connectivity index (χ4v) is 2.99. The number of halogens is 1. The molecule has 0 spiro atoms. The summed E-state index contributed by atoms with van der Waals surface area (Å²) in [6.45, 7) is 0. The number of anilines is 1. The molecule has 1 aromatic heterocycles. The zero-order valence-electron chi connectivity index (χ0n) is 10.6. The van der Waals surface area contributed by atoms with Gasteiger partial charge in [-0.2, -0.15) is 0 Å². The van der Waals surface area contributed by atoms with Gasteiger partial charge in [0.2, 0.25) is 5.95 Å². The fraction of sp³-hybridized carbons (Fsp3) is 0.429. The topological polar surface area (TPSA) is 63.8 Å². The summed E-state index contributed by atoms with van der Waals surface area (Å²) >= 11 is 3.45. The number of benzene rings is 1. The van der Waals surface area contributed by atoms with Gasteiger partial charge in [-0.05, 0) is 43.9 Å². The SMILES string of the molecule is N[C@@H]1CCC[C@@H](Nc2ncc3cc(Br)ccc3n2)C1. The summed E-state index contributed by atoms with van der Waals surface area (Å²) < 4.78 is 1.04. The van der Waals surface area contributed by atoms with E-state index in [2.05, 4.69) is 31.2 Å². The highest BCUT2D eigenvalue weighted by atomic mass is 79.9. The minimum Gasteiger partial charge on any atom is -0.351 e. The predicted octanol–water partition coefficient (Wildman–Crippen LogP) is 3.07. The first-order valence-electron chi connectivity index (χ1n) is 6.65. The van der Waals surface area contributed by atoms with E-state index in [1.807, 2.05) is 24.4 Å². The monoisotopic (exact) mass is 320 g/mol. The van der Waals surface area contributed by atoms with Crippen LogP contribution in [0, 0.1) is 0 Å². The first-order valence-corrected chi connectivity index (χ1v) is 7.44. The van der Waals surface area contributed by atoms with Gasteiger partial charge in [-0.15, -0.1) is 0 Å². The molecule has 0 aliphatic heterocycles. The second-order valence-corrected chi connectivity index (χ2v) is 6.08. The van der Waals surface area contributed by atoms with Crippen molar-refractivity contribution in [1.29, 1.82) is 0 Å². The fourth-order valence-electron chi connectivity index (χ4n) is 2.62. The Labute approximate surface area is 120 Å². The number of hydrogen-bond donors (Lipinski definition) is 2. The van der Waals surface area contributed by atoms with Crippen molar-refractivity contribution in [2.75, 3.05) is 5.32 Å². The maximum absolute atomic E-state index is 6.00. The normalized spacial score (nSPS) is 23.5. The van der Waals surface area contributed by atoms with Gasteiger partial charge in [-0.1, -0.05) is 15.9 Å². The molecule has 0 radical (unpaired) electrons. The highest BCUT2D eigenvalue weighted by Gasteiger charge is 2.19. The Hall–Kier alpha value is -1.20. The minimum absolute atomic E-state index is 0.308. The van der Waals surface area contributed by atoms with Crippen molar-refractivity contribution >= 4 is 32.8 Å². The zero-order chi connectivity index (χ0) is 13.2. The highest BCUT2D eigenvalue weighted by Crippen LogP contribution is 2.22. The van der Waals surface area contributed by atoms with Crippen molar-refractivity contribution < 1.29 is 0 Å². The van der Waals surface area contributed by atoms with Crippen LogP contribution in [0.3, 0.4) is 0 Å². The Morgan fingerprint density at radius 1 is 1.32 bits per heavy atom. The zero-order valence-corrected chi connectivity index (χ0v) is 12.2. The van der Waals surface area contributed by atoms with Crippen LogP contribution >= 0.6 is 15.9 Å². The number of nitrogens with zero attached hydrogens (tertiary/aromatic N) is 2. The van der Waals surface area contributed by atoms with Crippen LogP contribution in [0.25, 0.3) is 10.9 Å². The molecule has 0 bridgehead atoms. The van der Waals surface area contributed by atoms with E-state index in [1.54, 1.807) is 0 Å². The predicted molar refractivity (Wildman–Crippen MR) is 81.1 cm³/mol. The van der Waals surface area contributed by atoms with Crippen molar-refractivity contribution in [3.05, 3.63) is 28.9 Å². The van der Waals surface area contributed by atoms with E-state index in [1.165, 1.54) is 6.42 Å². The lowest BCUT2D eigenvalue weighted by Crippen LogP contribution is -2.35. The lowest BCUT2D eigenvalue weighted by molar-refractivity contribution is 0.408. The molecule has 1 saturated carbocycles. The van der Waals surface area contributed by atoms with Crippen LogP contribution in [-0.2, 0) is 0 Å². The largest absolute Gasteiger partial charge is 0.351 e. The minimum atomic E-state index is 0.308. The molecule has 2 aromatic rings. The molecule has 19 heavy (non-hydrogen) atoms. The van der Waals surface area contributed by atoms with Crippen molar-refractivity contribution in [3.63, 3.8) is 0 Å². The molecule has 0 unspecified atom stereocenters. The first kappa shape index (κ1) is 12.8. The number of nitrogens with one attached hydrogen (secondary N) is 1. The Bertz CT molecular complexity index is 587. The summed E-state index contributed by atoms with van der Waals surface area (Å²) in [6, 6.07) is 6.73. The molecule has 0 amide bonds. The molecule has 3 rings (SSSR count). The van der Waals surface area contributed by atoms with Gasteiger partial charge in [-0.25, -0.2) is 9.97 Å². The van der Waals surface area contributed by atoms with Gasteiger partial charge in [0.15, 0.2) is 0 Å². The average Bonchev–Trinajstić information content (AvgIpc) is 2.39.